The molecule has 0 unspecified atom stereocenters. The molecule has 3 aromatic carbocycles. The van der Waals surface area contributed by atoms with Crippen LogP contribution < -0.4 is 13.9 Å². The molecule has 0 saturated heterocycles. The van der Waals surface area contributed by atoms with Crippen LogP contribution in [0, 0.1) is 10.1 Å². The largest absolute Gasteiger partial charge is 0.805 e. The van der Waals surface area contributed by atoms with E-state index in [-0.39, 0.29) is 28.2 Å². The Labute approximate surface area is 228 Å². The molecule has 0 aliphatic heterocycles. The summed E-state index contributed by atoms with van der Waals surface area (Å²) in [6.45, 7) is 11.8. The zero-order chi connectivity index (χ0) is 28.9. The normalized spacial score (nSPS) is 12.2. The van der Waals surface area contributed by atoms with E-state index < -0.39 is 16.7 Å². The lowest BCUT2D eigenvalue weighted by Crippen LogP contribution is -2.27. The fraction of sp³-hybridized carbons (Fsp3) is 0.355. The second kappa shape index (κ2) is 9.84. The van der Waals surface area contributed by atoms with Crippen molar-refractivity contribution in [3.63, 3.8) is 0 Å². The average Bonchev–Trinajstić information content (AvgIpc) is 2.87. The average molecular weight is 533 g/mol. The highest BCUT2D eigenvalue weighted by molar-refractivity contribution is 5.73. The van der Waals surface area contributed by atoms with Crippen LogP contribution in [0.1, 0.15) is 75.4 Å². The molecular formula is C31H36N2O6. The van der Waals surface area contributed by atoms with Gasteiger partial charge in [0.25, 0.3) is 5.52 Å². The van der Waals surface area contributed by atoms with Gasteiger partial charge in [-0.1, -0.05) is 53.7 Å². The van der Waals surface area contributed by atoms with Crippen LogP contribution in [0.25, 0.3) is 11.0 Å². The number of ether oxygens (including phenoxy) is 2. The van der Waals surface area contributed by atoms with E-state index in [1.165, 1.54) is 18.3 Å². The maximum atomic E-state index is 14.1. The molecule has 0 aliphatic carbocycles. The molecule has 4 rings (SSSR count). The highest BCUT2D eigenvalue weighted by Gasteiger charge is 2.39. The number of hydrogen-bond donors (Lipinski definition) is 2. The van der Waals surface area contributed by atoms with Gasteiger partial charge >= 0.3 is 0 Å². The number of nitrogens with zero attached hydrogens (tertiary/aromatic N) is 2. The van der Waals surface area contributed by atoms with Gasteiger partial charge in [0.15, 0.2) is 0 Å². The first-order valence-corrected chi connectivity index (χ1v) is 12.8. The number of benzene rings is 3. The predicted octanol–water partition coefficient (Wildman–Crippen LogP) is 6.11. The lowest BCUT2D eigenvalue weighted by atomic mass is 9.72. The van der Waals surface area contributed by atoms with Gasteiger partial charge in [0, 0.05) is 33.2 Å². The molecule has 4 aromatic rings. The van der Waals surface area contributed by atoms with Crippen molar-refractivity contribution in [2.45, 2.75) is 58.3 Å². The van der Waals surface area contributed by atoms with Gasteiger partial charge in [-0.05, 0) is 41.2 Å². The van der Waals surface area contributed by atoms with Crippen molar-refractivity contribution >= 4 is 11.0 Å². The van der Waals surface area contributed by atoms with Gasteiger partial charge in [0.1, 0.15) is 28.5 Å². The fourth-order valence-electron chi connectivity index (χ4n) is 5.48. The van der Waals surface area contributed by atoms with Crippen molar-refractivity contribution < 1.29 is 24.1 Å². The third-order valence-corrected chi connectivity index (χ3v) is 7.00. The summed E-state index contributed by atoms with van der Waals surface area (Å²) in [7, 11) is 3.08. The Morgan fingerprint density at radius 2 is 1.26 bits per heavy atom. The van der Waals surface area contributed by atoms with Crippen LogP contribution in [0.3, 0.4) is 0 Å². The molecule has 0 atom stereocenters. The zero-order valence-electron chi connectivity index (χ0n) is 23.7. The molecule has 206 valence electrons. The second-order valence-corrected chi connectivity index (χ2v) is 11.7. The molecule has 2 N–H and O–H groups in total. The molecule has 8 heteroatoms. The number of hydrogen-bond acceptors (Lipinski definition) is 6. The van der Waals surface area contributed by atoms with Gasteiger partial charge in [-0.25, -0.2) is 0 Å². The van der Waals surface area contributed by atoms with Crippen molar-refractivity contribution in [1.29, 1.82) is 0 Å². The molecule has 1 aromatic heterocycles. The molecule has 1 heterocycles. The van der Waals surface area contributed by atoms with Crippen molar-refractivity contribution in [2.24, 2.45) is 0 Å². The van der Waals surface area contributed by atoms with Crippen molar-refractivity contribution in [3.8, 4) is 23.0 Å². The van der Waals surface area contributed by atoms with Crippen LogP contribution in [-0.4, -0.2) is 29.2 Å². The van der Waals surface area contributed by atoms with Crippen molar-refractivity contribution in [3.05, 3.63) is 92.8 Å². The number of aromatic hydroxyl groups is 2. The van der Waals surface area contributed by atoms with Crippen LogP contribution in [-0.2, 0) is 10.8 Å². The predicted molar refractivity (Wildman–Crippen MR) is 152 cm³/mol. The molecule has 0 saturated carbocycles. The summed E-state index contributed by atoms with van der Waals surface area (Å²) in [4.78, 5) is 13.3. The summed E-state index contributed by atoms with van der Waals surface area (Å²) < 4.78 is 12.8. The minimum atomic E-state index is -1.07. The standard InChI is InChI=1S/C31H36N2O6/c1-30(2,3)28-23(38-7)15-13-21(34)26(28)25(20-17-32(36)18-11-9-10-12-19(18)33(20)37)27-22(35)14-16-24(39-8)29(27)31(4,5)6/h9-17,25,34-35H,1-8H3. The molecular weight excluding hydrogens is 496 g/mol. The lowest BCUT2D eigenvalue weighted by molar-refractivity contribution is -0.465. The topological polar surface area (TPSA) is 110 Å². The highest BCUT2D eigenvalue weighted by atomic mass is 16.5. The molecule has 0 aliphatic rings. The summed E-state index contributed by atoms with van der Waals surface area (Å²) in [6.07, 6.45) is 1.22. The van der Waals surface area contributed by atoms with Crippen LogP contribution in [0.5, 0.6) is 23.0 Å². The molecule has 39 heavy (non-hydrogen) atoms. The Hall–Kier alpha value is -4.20. The van der Waals surface area contributed by atoms with E-state index in [0.717, 1.165) is 0 Å². The van der Waals surface area contributed by atoms with Crippen LogP contribution in [0.2, 0.25) is 0 Å². The second-order valence-electron chi connectivity index (χ2n) is 11.7. The number of aromatic nitrogens is 2. The Balaban J connectivity index is 2.31. The van der Waals surface area contributed by atoms with E-state index in [0.29, 0.717) is 42.9 Å². The molecule has 8 nitrogen and oxygen atoms in total. The van der Waals surface area contributed by atoms with Gasteiger partial charge in [-0.15, -0.1) is 0 Å². The number of rotatable bonds is 5. The molecule has 0 bridgehead atoms. The number of phenols is 2. The monoisotopic (exact) mass is 532 g/mol. The fourth-order valence-corrected chi connectivity index (χ4v) is 5.48. The van der Waals surface area contributed by atoms with Gasteiger partial charge in [-0.3, -0.25) is 0 Å². The first-order chi connectivity index (χ1) is 18.2. The number of para-hydroxylation sites is 2. The highest BCUT2D eigenvalue weighted by Crippen LogP contribution is 2.52. The third-order valence-electron chi connectivity index (χ3n) is 7.00. The third kappa shape index (κ3) is 4.75. The van der Waals surface area contributed by atoms with E-state index in [1.807, 2.05) is 41.5 Å². The molecule has 0 amide bonds. The van der Waals surface area contributed by atoms with E-state index in [9.17, 15) is 20.3 Å². The smallest absolute Gasteiger partial charge is 0.285 e. The van der Waals surface area contributed by atoms with Gasteiger partial charge in [0.2, 0.25) is 6.20 Å². The summed E-state index contributed by atoms with van der Waals surface area (Å²) in [5, 5.41) is 37.0. The number of fused-ring (bicyclic) bond motifs is 1. The number of methoxy groups -OCH3 is 2. The maximum absolute atomic E-state index is 14.1. The number of phenolic OH excluding ortho intramolecular Hbond substituents is 2. The Kier molecular flexibility index (Phi) is 7.02. The van der Waals surface area contributed by atoms with Crippen LogP contribution in [0.4, 0.5) is 0 Å². The summed E-state index contributed by atoms with van der Waals surface area (Å²) in [5.41, 5.74) is 1.27. The van der Waals surface area contributed by atoms with Crippen molar-refractivity contribution in [1.82, 2.24) is 4.73 Å². The van der Waals surface area contributed by atoms with Crippen LogP contribution in [0.15, 0.2) is 54.7 Å². The first kappa shape index (κ1) is 27.8. The summed E-state index contributed by atoms with van der Waals surface area (Å²) in [5.74, 6) is -0.251. The molecule has 0 spiro atoms. The molecule has 0 fully saturated rings. The lowest BCUT2D eigenvalue weighted by Gasteiger charge is -2.35. The van der Waals surface area contributed by atoms with Gasteiger partial charge in [-0.2, -0.15) is 0 Å². The Morgan fingerprint density at radius 1 is 0.795 bits per heavy atom. The summed E-state index contributed by atoms with van der Waals surface area (Å²) >= 11 is 0. The van der Waals surface area contributed by atoms with Gasteiger partial charge < -0.3 is 29.6 Å². The van der Waals surface area contributed by atoms with E-state index >= 15 is 0 Å². The minimum absolute atomic E-state index is 0.0341. The van der Waals surface area contributed by atoms with Crippen LogP contribution >= 0.6 is 0 Å². The Bertz CT molecular complexity index is 1540. The van der Waals surface area contributed by atoms with Crippen molar-refractivity contribution in [2.75, 3.05) is 14.2 Å². The Morgan fingerprint density at radius 3 is 1.69 bits per heavy atom. The summed E-state index contributed by atoms with van der Waals surface area (Å²) in [6, 6.07) is 12.9. The zero-order valence-corrected chi connectivity index (χ0v) is 23.7. The SMILES string of the molecule is COc1ccc(O)c(C(c2c(O)ccc(OC)c2C(C)(C)C)c2c[n+](=O)c3ccccc3n2[O-])c1C(C)(C)C. The van der Waals surface area contributed by atoms with Gasteiger partial charge in [0.05, 0.1) is 30.3 Å². The molecule has 0 radical (unpaired) electrons. The van der Waals surface area contributed by atoms with E-state index in [2.05, 4.69) is 0 Å². The van der Waals surface area contributed by atoms with E-state index in [4.69, 9.17) is 9.47 Å². The van der Waals surface area contributed by atoms with E-state index in [1.54, 1.807) is 50.6 Å². The maximum Gasteiger partial charge on any atom is 0.285 e. The quantitative estimate of drug-likeness (QED) is 0.300. The minimum Gasteiger partial charge on any atom is -0.805 e. The first-order valence-electron chi connectivity index (χ1n) is 12.8.